The van der Waals surface area contributed by atoms with Crippen molar-refractivity contribution in [3.63, 3.8) is 0 Å². The summed E-state index contributed by atoms with van der Waals surface area (Å²) in [6.07, 6.45) is 2.13. The second-order valence-corrected chi connectivity index (χ2v) is 10.0. The zero-order chi connectivity index (χ0) is 23.4. The van der Waals surface area contributed by atoms with Gasteiger partial charge in [-0.3, -0.25) is 15.5 Å². The van der Waals surface area contributed by atoms with E-state index in [-0.39, 0.29) is 12.2 Å². The van der Waals surface area contributed by atoms with Gasteiger partial charge in [-0.15, -0.1) is 0 Å². The number of nitrogens with one attached hydrogen (secondary N) is 3. The number of rotatable bonds is 9. The summed E-state index contributed by atoms with van der Waals surface area (Å²) < 4.78 is 19.7. The van der Waals surface area contributed by atoms with Crippen molar-refractivity contribution in [3.05, 3.63) is 23.4 Å². The van der Waals surface area contributed by atoms with Gasteiger partial charge in [-0.25, -0.2) is 4.39 Å². The van der Waals surface area contributed by atoms with Gasteiger partial charge in [-0.2, -0.15) is 0 Å². The van der Waals surface area contributed by atoms with E-state index in [1.807, 2.05) is 33.8 Å². The average Bonchev–Trinajstić information content (AvgIpc) is 2.63. The molecule has 2 aliphatic heterocycles. The predicted molar refractivity (Wildman–Crippen MR) is 122 cm³/mol. The summed E-state index contributed by atoms with van der Waals surface area (Å²) in [4.78, 5) is 2.28. The molecule has 0 spiro atoms. The van der Waals surface area contributed by atoms with Crippen LogP contribution in [0.5, 0.6) is 0 Å². The van der Waals surface area contributed by atoms with Crippen molar-refractivity contribution in [1.29, 1.82) is 0 Å². The van der Waals surface area contributed by atoms with Crippen LogP contribution in [0.25, 0.3) is 0 Å². The number of hydrogen-bond acceptors (Lipinski definition) is 7. The van der Waals surface area contributed by atoms with Crippen LogP contribution in [0.1, 0.15) is 61.3 Å². The van der Waals surface area contributed by atoms with Crippen LogP contribution >= 0.6 is 0 Å². The first-order chi connectivity index (χ1) is 14.4. The molecule has 0 radical (unpaired) electrons. The summed E-state index contributed by atoms with van der Waals surface area (Å²) in [6.45, 7) is 15.7. The minimum absolute atomic E-state index is 0.00366. The van der Waals surface area contributed by atoms with Gasteiger partial charge in [0.05, 0.1) is 17.9 Å². The Morgan fingerprint density at radius 3 is 2.61 bits per heavy atom. The molecule has 2 rings (SSSR count). The van der Waals surface area contributed by atoms with Crippen molar-refractivity contribution in [1.82, 2.24) is 20.9 Å². The minimum atomic E-state index is -1.09. The van der Waals surface area contributed by atoms with Gasteiger partial charge in [-0.05, 0) is 59.4 Å². The molecular formula is C23H43FN4O3. The van der Waals surface area contributed by atoms with Crippen molar-refractivity contribution >= 4 is 0 Å². The molecule has 0 aromatic rings. The first kappa shape index (κ1) is 26.2. The summed E-state index contributed by atoms with van der Waals surface area (Å²) in [5, 5.41) is 30.0. The van der Waals surface area contributed by atoms with E-state index in [1.54, 1.807) is 13.1 Å². The highest BCUT2D eigenvalue weighted by Gasteiger charge is 2.42. The Hall–Kier alpha value is -1.03. The van der Waals surface area contributed by atoms with Crippen molar-refractivity contribution in [2.24, 2.45) is 5.41 Å². The van der Waals surface area contributed by atoms with Gasteiger partial charge in [0.15, 0.2) is 6.30 Å². The Labute approximate surface area is 187 Å². The summed E-state index contributed by atoms with van der Waals surface area (Å²) in [7, 11) is 0. The van der Waals surface area contributed by atoms with E-state index in [9.17, 15) is 14.6 Å². The highest BCUT2D eigenvalue weighted by molar-refractivity contribution is 5.30. The number of aliphatic hydroxyl groups excluding tert-OH is 2. The van der Waals surface area contributed by atoms with E-state index in [4.69, 9.17) is 4.74 Å². The van der Waals surface area contributed by atoms with Gasteiger partial charge in [0, 0.05) is 31.0 Å². The van der Waals surface area contributed by atoms with E-state index < -0.39 is 29.8 Å². The molecule has 2 heterocycles. The predicted octanol–water partition coefficient (Wildman–Crippen LogP) is 2.18. The zero-order valence-corrected chi connectivity index (χ0v) is 20.2. The van der Waals surface area contributed by atoms with Crippen LogP contribution in [0.4, 0.5) is 4.39 Å². The Kier molecular flexibility index (Phi) is 9.07. The molecule has 5 N–H and O–H groups in total. The molecular weight excluding hydrogens is 399 g/mol. The largest absolute Gasteiger partial charge is 0.389 e. The smallest absolute Gasteiger partial charge is 0.214 e. The first-order valence-electron chi connectivity index (χ1n) is 11.4. The molecule has 180 valence electrons. The minimum Gasteiger partial charge on any atom is -0.389 e. The molecule has 31 heavy (non-hydrogen) atoms. The summed E-state index contributed by atoms with van der Waals surface area (Å²) in [5.41, 5.74) is 1.27. The first-order valence-corrected chi connectivity index (χ1v) is 11.4. The molecule has 0 aromatic carbocycles. The molecule has 7 nitrogen and oxygen atoms in total. The molecule has 0 amide bonds. The fourth-order valence-corrected chi connectivity index (χ4v) is 4.66. The molecule has 0 saturated heterocycles. The molecule has 1 unspecified atom stereocenters. The topological polar surface area (TPSA) is 89.0 Å². The number of alkyl halides is 1. The van der Waals surface area contributed by atoms with E-state index in [0.29, 0.717) is 25.9 Å². The third kappa shape index (κ3) is 7.23. The highest BCUT2D eigenvalue weighted by atomic mass is 19.1. The lowest BCUT2D eigenvalue weighted by Gasteiger charge is -2.48. The number of aliphatic hydroxyl groups is 2. The van der Waals surface area contributed by atoms with E-state index in [2.05, 4.69) is 34.7 Å². The second-order valence-electron chi connectivity index (χ2n) is 10.0. The third-order valence-electron chi connectivity index (χ3n) is 6.27. The Bertz CT molecular complexity index is 649. The van der Waals surface area contributed by atoms with Crippen LogP contribution in [0.3, 0.4) is 0 Å². The van der Waals surface area contributed by atoms with Gasteiger partial charge in [-0.1, -0.05) is 25.5 Å². The maximum absolute atomic E-state index is 14.2. The number of ether oxygens (including phenoxy) is 1. The van der Waals surface area contributed by atoms with Gasteiger partial charge < -0.3 is 20.3 Å². The van der Waals surface area contributed by atoms with Crippen LogP contribution < -0.4 is 16.0 Å². The van der Waals surface area contributed by atoms with Crippen LogP contribution in [0.15, 0.2) is 23.4 Å². The van der Waals surface area contributed by atoms with Crippen molar-refractivity contribution in [2.75, 3.05) is 19.6 Å². The number of halogens is 1. The Morgan fingerprint density at radius 2 is 2.06 bits per heavy atom. The zero-order valence-electron chi connectivity index (χ0n) is 20.2. The van der Waals surface area contributed by atoms with E-state index in [1.165, 1.54) is 0 Å². The Morgan fingerprint density at radius 1 is 1.39 bits per heavy atom. The molecule has 0 aliphatic carbocycles. The quantitative estimate of drug-likeness (QED) is 0.212. The highest BCUT2D eigenvalue weighted by Crippen LogP contribution is 2.40. The Balaban J connectivity index is 2.12. The van der Waals surface area contributed by atoms with Crippen molar-refractivity contribution in [3.8, 4) is 0 Å². The number of nitrogens with zero attached hydrogens (tertiary/aromatic N) is 1. The summed E-state index contributed by atoms with van der Waals surface area (Å²) in [6, 6.07) is -0.0794. The second kappa shape index (κ2) is 10.7. The molecule has 0 aromatic heterocycles. The SMILES string of the molecule is CCN(CCN[C@H](O)OC(C)(C)C)[C@@H]1CC(C(C)O)=C(C)[C@H]([C@@]2(C)C=CN[C@H](F)C2)N1. The monoisotopic (exact) mass is 442 g/mol. The van der Waals surface area contributed by atoms with Gasteiger partial charge in [0.25, 0.3) is 0 Å². The maximum Gasteiger partial charge on any atom is 0.214 e. The molecule has 0 bridgehead atoms. The van der Waals surface area contributed by atoms with Crippen molar-refractivity contribution in [2.45, 2.75) is 97.9 Å². The van der Waals surface area contributed by atoms with Gasteiger partial charge >= 0.3 is 0 Å². The molecule has 2 aliphatic rings. The van der Waals surface area contributed by atoms with Crippen LogP contribution in [0, 0.1) is 5.41 Å². The van der Waals surface area contributed by atoms with Crippen LogP contribution in [0.2, 0.25) is 0 Å². The molecule has 6 atom stereocenters. The fraction of sp³-hybridized carbons (Fsp3) is 0.826. The standard InChI is InChI=1S/C23H43FN4O3/c1-8-28(12-11-26-21(30)31-22(4,5)6)19-13-17(16(3)29)15(2)20(27-19)23(7)9-10-25-18(24)14-23/h9-10,16,18-21,25-27,29-30H,8,11-14H2,1-7H3/t16?,18-,19+,20+,21+,23-/m0/s1. The van der Waals surface area contributed by atoms with Crippen LogP contribution in [-0.4, -0.2) is 71.4 Å². The number of hydrogen-bond donors (Lipinski definition) is 5. The lowest BCUT2D eigenvalue weighted by atomic mass is 9.71. The molecule has 0 saturated carbocycles. The summed E-state index contributed by atoms with van der Waals surface area (Å²) >= 11 is 0. The lowest BCUT2D eigenvalue weighted by molar-refractivity contribution is -0.181. The third-order valence-corrected chi connectivity index (χ3v) is 6.27. The molecule has 8 heteroatoms. The van der Waals surface area contributed by atoms with Crippen molar-refractivity contribution < 1.29 is 19.3 Å². The van der Waals surface area contributed by atoms with Gasteiger partial charge in [0.1, 0.15) is 0 Å². The average molecular weight is 443 g/mol. The lowest BCUT2D eigenvalue weighted by Crippen LogP contribution is -2.60. The molecule has 0 fully saturated rings. The normalized spacial score (nSPS) is 31.6. The van der Waals surface area contributed by atoms with Gasteiger partial charge in [0.2, 0.25) is 6.41 Å². The number of likely N-dealkylation sites (N-methyl/N-ethyl adjacent to an activating group) is 1. The van der Waals surface area contributed by atoms with E-state index in [0.717, 1.165) is 17.7 Å². The summed E-state index contributed by atoms with van der Waals surface area (Å²) in [5.74, 6) is 0. The van der Waals surface area contributed by atoms with Crippen LogP contribution in [-0.2, 0) is 4.74 Å². The fourth-order valence-electron chi connectivity index (χ4n) is 4.66. The van der Waals surface area contributed by atoms with E-state index >= 15 is 0 Å². The maximum atomic E-state index is 14.2.